The Morgan fingerprint density at radius 2 is 1.69 bits per heavy atom. The largest absolute Gasteiger partial charge is 0.390 e. The molecule has 4 saturated carbocycles. The average Bonchev–Trinajstić information content (AvgIpc) is 3.01. The molecule has 158 valence electrons. The first-order valence-electron chi connectivity index (χ1n) is 12.1. The van der Waals surface area contributed by atoms with E-state index in [2.05, 4.69) is 37.3 Å². The van der Waals surface area contributed by atoms with E-state index in [0.29, 0.717) is 23.5 Å². The van der Waals surface area contributed by atoms with Gasteiger partial charge in [0.15, 0.2) is 0 Å². The van der Waals surface area contributed by atoms with Crippen LogP contribution in [0.3, 0.4) is 0 Å². The van der Waals surface area contributed by atoms with Crippen molar-refractivity contribution in [1.82, 2.24) is 0 Å². The second-order valence-corrected chi connectivity index (χ2v) is 11.6. The van der Waals surface area contributed by atoms with Crippen molar-refractivity contribution in [3.8, 4) is 0 Å². The summed E-state index contributed by atoms with van der Waals surface area (Å²) in [5.41, 5.74) is 1.18. The minimum Gasteiger partial charge on any atom is -0.390 e. The lowest BCUT2D eigenvalue weighted by Gasteiger charge is -2.57. The van der Waals surface area contributed by atoms with E-state index in [4.69, 9.17) is 0 Å². The molecule has 0 amide bonds. The molecule has 29 heavy (non-hydrogen) atoms. The number of aliphatic hydroxyl groups is 1. The fraction of sp³-hybridized carbons (Fsp3) is 0.741. The molecule has 1 aromatic rings. The monoisotopic (exact) mass is 394 g/mol. The van der Waals surface area contributed by atoms with Gasteiger partial charge in [-0.1, -0.05) is 37.3 Å². The van der Waals surface area contributed by atoms with Crippen LogP contribution in [-0.2, 0) is 4.79 Å². The molecule has 2 heteroatoms. The van der Waals surface area contributed by atoms with Gasteiger partial charge in [-0.25, -0.2) is 0 Å². The summed E-state index contributed by atoms with van der Waals surface area (Å²) < 4.78 is 0. The Morgan fingerprint density at radius 1 is 0.966 bits per heavy atom. The standard InChI is InChI=1S/C27H38O2/c1-17(28)24-15-23(18-7-5-4-6-8-18)25-22-10-9-19-16-26(2,29)13-11-20(19)21(22)12-14-27(24,25)3/h4-8,19-25,29H,9-16H2,1-3H3/t19-,20+,21-,22-,23+,24-,25-,26-,27-/m1/s1. The summed E-state index contributed by atoms with van der Waals surface area (Å²) in [6, 6.07) is 11.1. The number of fused-ring (bicyclic) bond motifs is 5. The molecular formula is C27H38O2. The van der Waals surface area contributed by atoms with Gasteiger partial charge in [0, 0.05) is 5.92 Å². The summed E-state index contributed by atoms with van der Waals surface area (Å²) >= 11 is 0. The van der Waals surface area contributed by atoms with E-state index in [9.17, 15) is 9.90 Å². The van der Waals surface area contributed by atoms with E-state index >= 15 is 0 Å². The molecule has 0 radical (unpaired) electrons. The van der Waals surface area contributed by atoms with Crippen LogP contribution < -0.4 is 0 Å². The number of hydrogen-bond donors (Lipinski definition) is 1. The summed E-state index contributed by atoms with van der Waals surface area (Å²) in [5, 5.41) is 10.6. The number of hydrogen-bond acceptors (Lipinski definition) is 2. The minimum atomic E-state index is -0.448. The van der Waals surface area contributed by atoms with Crippen LogP contribution in [0.2, 0.25) is 0 Å². The van der Waals surface area contributed by atoms with Gasteiger partial charge in [0.2, 0.25) is 0 Å². The molecule has 2 nitrogen and oxygen atoms in total. The van der Waals surface area contributed by atoms with Crippen LogP contribution in [0.15, 0.2) is 30.3 Å². The maximum atomic E-state index is 12.7. The Balaban J connectivity index is 1.50. The fourth-order valence-corrected chi connectivity index (χ4v) is 8.87. The van der Waals surface area contributed by atoms with Crippen molar-refractivity contribution in [2.24, 2.45) is 40.9 Å². The van der Waals surface area contributed by atoms with Crippen LogP contribution in [0.1, 0.15) is 83.6 Å². The number of carbonyl (C=O) groups is 1. The van der Waals surface area contributed by atoms with E-state index in [1.165, 1.54) is 37.7 Å². The van der Waals surface area contributed by atoms with Crippen LogP contribution in [0.25, 0.3) is 0 Å². The fourth-order valence-electron chi connectivity index (χ4n) is 8.87. The minimum absolute atomic E-state index is 0.167. The van der Waals surface area contributed by atoms with E-state index in [1.54, 1.807) is 0 Å². The van der Waals surface area contributed by atoms with E-state index in [-0.39, 0.29) is 11.3 Å². The van der Waals surface area contributed by atoms with Crippen LogP contribution in [0.5, 0.6) is 0 Å². The van der Waals surface area contributed by atoms with Gasteiger partial charge in [0.1, 0.15) is 5.78 Å². The average molecular weight is 395 g/mol. The Labute approximate surface area is 176 Å². The quantitative estimate of drug-likeness (QED) is 0.669. The van der Waals surface area contributed by atoms with Crippen molar-refractivity contribution >= 4 is 5.78 Å². The molecule has 0 bridgehead atoms. The van der Waals surface area contributed by atoms with Crippen molar-refractivity contribution < 1.29 is 9.90 Å². The summed E-state index contributed by atoms with van der Waals surface area (Å²) in [6.45, 7) is 6.35. The van der Waals surface area contributed by atoms with Crippen molar-refractivity contribution in [2.75, 3.05) is 0 Å². The Bertz CT molecular complexity index is 768. The van der Waals surface area contributed by atoms with Crippen LogP contribution >= 0.6 is 0 Å². The van der Waals surface area contributed by atoms with Gasteiger partial charge < -0.3 is 5.11 Å². The van der Waals surface area contributed by atoms with Crippen LogP contribution in [0.4, 0.5) is 0 Å². The smallest absolute Gasteiger partial charge is 0.133 e. The third-order valence-electron chi connectivity index (χ3n) is 9.97. The highest BCUT2D eigenvalue weighted by Gasteiger charge is 2.61. The third-order valence-corrected chi connectivity index (χ3v) is 9.97. The summed E-state index contributed by atoms with van der Waals surface area (Å²) in [6.07, 6.45) is 9.31. The van der Waals surface area contributed by atoms with Crippen LogP contribution in [-0.4, -0.2) is 16.5 Å². The maximum Gasteiger partial charge on any atom is 0.133 e. The predicted octanol–water partition coefficient (Wildman–Crippen LogP) is 5.99. The molecule has 0 aliphatic heterocycles. The molecule has 9 atom stereocenters. The van der Waals surface area contributed by atoms with Gasteiger partial charge >= 0.3 is 0 Å². The molecule has 0 unspecified atom stereocenters. The molecule has 0 saturated heterocycles. The van der Waals surface area contributed by atoms with Gasteiger partial charge in [0.25, 0.3) is 0 Å². The second kappa shape index (κ2) is 6.94. The van der Waals surface area contributed by atoms with Gasteiger partial charge in [-0.15, -0.1) is 0 Å². The Morgan fingerprint density at radius 3 is 2.41 bits per heavy atom. The molecule has 1 aromatic carbocycles. The molecule has 0 spiro atoms. The van der Waals surface area contributed by atoms with Crippen molar-refractivity contribution in [2.45, 2.75) is 83.7 Å². The molecule has 1 N–H and O–H groups in total. The third kappa shape index (κ3) is 3.12. The number of rotatable bonds is 2. The summed E-state index contributed by atoms with van der Waals surface area (Å²) in [4.78, 5) is 12.7. The molecular weight excluding hydrogens is 356 g/mol. The van der Waals surface area contributed by atoms with Crippen LogP contribution in [0, 0.1) is 40.9 Å². The first-order valence-corrected chi connectivity index (χ1v) is 12.1. The first kappa shape index (κ1) is 19.8. The number of ketones is 1. The summed E-state index contributed by atoms with van der Waals surface area (Å²) in [5.74, 6) is 4.88. The first-order chi connectivity index (χ1) is 13.8. The lowest BCUT2D eigenvalue weighted by Crippen LogP contribution is -2.51. The van der Waals surface area contributed by atoms with E-state index in [0.717, 1.165) is 37.0 Å². The Hall–Kier alpha value is -1.15. The van der Waals surface area contributed by atoms with Gasteiger partial charge in [-0.05, 0) is 112 Å². The second-order valence-electron chi connectivity index (χ2n) is 11.6. The van der Waals surface area contributed by atoms with Gasteiger partial charge in [0.05, 0.1) is 5.60 Å². The topological polar surface area (TPSA) is 37.3 Å². The zero-order valence-corrected chi connectivity index (χ0v) is 18.4. The zero-order valence-electron chi connectivity index (χ0n) is 18.4. The van der Waals surface area contributed by atoms with Gasteiger partial charge in [-0.2, -0.15) is 0 Å². The highest BCUT2D eigenvalue weighted by atomic mass is 16.3. The SMILES string of the molecule is CC(=O)[C@H]1C[C@@H](c2ccccc2)[C@H]2[C@@H]3CC[C@@H]4C[C@](C)(O)CC[C@@H]4[C@H]3CC[C@@]21C. The molecule has 0 aromatic heterocycles. The molecule has 4 aliphatic rings. The molecule has 0 heterocycles. The number of Topliss-reactive ketones (excluding diaryl/α,β-unsaturated/α-hetero) is 1. The summed E-state index contributed by atoms with van der Waals surface area (Å²) in [7, 11) is 0. The maximum absolute atomic E-state index is 12.7. The molecule has 5 rings (SSSR count). The lowest BCUT2D eigenvalue weighted by molar-refractivity contribution is -0.130. The predicted molar refractivity (Wildman–Crippen MR) is 116 cm³/mol. The molecule has 4 aliphatic carbocycles. The van der Waals surface area contributed by atoms with Crippen molar-refractivity contribution in [3.63, 3.8) is 0 Å². The highest BCUT2D eigenvalue weighted by Crippen LogP contribution is 2.68. The Kier molecular flexibility index (Phi) is 4.74. The zero-order chi connectivity index (χ0) is 20.4. The molecule has 4 fully saturated rings. The van der Waals surface area contributed by atoms with E-state index < -0.39 is 5.60 Å². The number of carbonyl (C=O) groups excluding carboxylic acids is 1. The van der Waals surface area contributed by atoms with Crippen molar-refractivity contribution in [1.29, 1.82) is 0 Å². The highest BCUT2D eigenvalue weighted by molar-refractivity contribution is 5.80. The normalized spacial score (nSPS) is 49.0. The lowest BCUT2D eigenvalue weighted by atomic mass is 9.48. The van der Waals surface area contributed by atoms with Crippen molar-refractivity contribution in [3.05, 3.63) is 35.9 Å². The van der Waals surface area contributed by atoms with Gasteiger partial charge in [-0.3, -0.25) is 4.79 Å². The van der Waals surface area contributed by atoms with E-state index in [1.807, 2.05) is 13.8 Å². The number of benzene rings is 1.